The molecule has 9 heteroatoms. The predicted octanol–water partition coefficient (Wildman–Crippen LogP) is 24.2. The van der Waals surface area contributed by atoms with Gasteiger partial charge in [0, 0.05) is 6.42 Å². The number of aliphatic hydroxyl groups excluding tert-OH is 1. The summed E-state index contributed by atoms with van der Waals surface area (Å²) in [5, 5.41) is 14.0. The Kier molecular flexibility index (Phi) is 67.7. The number of hydrogen-bond donors (Lipinski definition) is 2. The third-order valence-electron chi connectivity index (χ3n) is 17.0. The molecule has 0 heterocycles. The number of rotatable bonds is 70. The zero-order chi connectivity index (χ0) is 64.8. The fourth-order valence-electron chi connectivity index (χ4n) is 11.2. The van der Waals surface area contributed by atoms with Gasteiger partial charge in [-0.15, -0.1) is 0 Å². The van der Waals surface area contributed by atoms with Crippen molar-refractivity contribution in [2.24, 2.45) is 0 Å². The van der Waals surface area contributed by atoms with E-state index in [4.69, 9.17) is 9.05 Å². The van der Waals surface area contributed by atoms with Crippen molar-refractivity contribution in [2.45, 2.75) is 366 Å². The van der Waals surface area contributed by atoms with Crippen molar-refractivity contribution in [1.82, 2.24) is 5.32 Å². The van der Waals surface area contributed by atoms with Gasteiger partial charge in [-0.1, -0.05) is 355 Å². The molecule has 0 rings (SSSR count). The van der Waals surface area contributed by atoms with Crippen LogP contribution in [-0.4, -0.2) is 68.5 Å². The number of nitrogens with one attached hydrogen (secondary N) is 1. The normalized spacial score (nSPS) is 14.1. The third kappa shape index (κ3) is 72.7. The van der Waals surface area contributed by atoms with E-state index in [9.17, 15) is 19.4 Å². The molecule has 3 unspecified atom stereocenters. The maximum Gasteiger partial charge on any atom is 0.268 e. The van der Waals surface area contributed by atoms with Gasteiger partial charge < -0.3 is 28.8 Å². The van der Waals surface area contributed by atoms with Crippen LogP contribution < -0.4 is 10.2 Å². The molecule has 0 radical (unpaired) electrons. The average Bonchev–Trinajstić information content (AvgIpc) is 3.61. The molecule has 0 aromatic rings. The number of nitrogens with zero attached hydrogens (tertiary/aromatic N) is 1. The Bertz CT molecular complexity index is 1780. The van der Waals surface area contributed by atoms with Crippen molar-refractivity contribution in [3.8, 4) is 0 Å². The van der Waals surface area contributed by atoms with E-state index in [0.717, 1.165) is 77.0 Å². The average molecular weight is 1260 g/mol. The van der Waals surface area contributed by atoms with Gasteiger partial charge in [-0.05, 0) is 89.9 Å². The standard InChI is InChI=1S/C80H147N2O6P/c1-6-8-10-12-14-16-18-20-22-24-26-28-30-32-34-35-36-37-38-39-40-41-42-43-44-45-46-47-48-50-52-54-56-58-60-62-64-66-68-70-72-74-80(84)81-78(77-88-89(85,86)87-76-75-82(3,4)5)79(83)73-71-69-67-65-63-61-59-57-55-53-51-49-33-31-29-27-25-23-21-19-17-15-13-11-9-7-2/h8,10,14,16,20,22,26,28,32,34,55,57,63,65,71,73,78-79,83H,6-7,9,11-13,15,17-19,21,23-25,27,29-31,33,35-54,56,58-62,64,66-70,72,74-77H2,1-5H3,(H-,81,84,85,86)/b10-8-,16-14-,22-20-,28-26-,34-32-,57-55+,65-63+,73-71+. The second kappa shape index (κ2) is 69.8. The van der Waals surface area contributed by atoms with Crippen LogP contribution in [0.3, 0.4) is 0 Å². The number of amides is 1. The minimum Gasteiger partial charge on any atom is -0.756 e. The molecule has 3 atom stereocenters. The Morgan fingerprint density at radius 3 is 1.04 bits per heavy atom. The largest absolute Gasteiger partial charge is 0.756 e. The van der Waals surface area contributed by atoms with Crippen molar-refractivity contribution < 1.29 is 32.9 Å². The molecule has 0 bridgehead atoms. The van der Waals surface area contributed by atoms with Crippen molar-refractivity contribution >= 4 is 13.7 Å². The van der Waals surface area contributed by atoms with Crippen LogP contribution in [0.2, 0.25) is 0 Å². The number of phosphoric ester groups is 1. The Hall–Kier alpha value is -2.58. The van der Waals surface area contributed by atoms with Gasteiger partial charge in [0.15, 0.2) is 0 Å². The van der Waals surface area contributed by atoms with E-state index in [2.05, 4.69) is 104 Å². The van der Waals surface area contributed by atoms with Gasteiger partial charge in [0.25, 0.3) is 7.82 Å². The number of hydrogen-bond acceptors (Lipinski definition) is 6. The Morgan fingerprint density at radius 1 is 0.404 bits per heavy atom. The van der Waals surface area contributed by atoms with Crippen LogP contribution in [0.1, 0.15) is 354 Å². The quantitative estimate of drug-likeness (QED) is 0.0272. The van der Waals surface area contributed by atoms with Crippen molar-refractivity contribution in [3.63, 3.8) is 0 Å². The summed E-state index contributed by atoms with van der Waals surface area (Å²) in [5.74, 6) is -0.206. The number of quaternary nitrogens is 1. The fraction of sp³-hybridized carbons (Fsp3) is 0.787. The molecule has 2 N–H and O–H groups in total. The summed E-state index contributed by atoms with van der Waals surface area (Å²) in [6.45, 7) is 4.55. The summed E-state index contributed by atoms with van der Waals surface area (Å²) in [4.78, 5) is 25.7. The van der Waals surface area contributed by atoms with Crippen molar-refractivity contribution in [3.05, 3.63) is 97.2 Å². The highest BCUT2D eigenvalue weighted by Gasteiger charge is 2.23. The topological polar surface area (TPSA) is 108 Å². The molecule has 8 nitrogen and oxygen atoms in total. The number of carbonyl (C=O) groups excluding carboxylic acids is 1. The van der Waals surface area contributed by atoms with E-state index < -0.39 is 26.6 Å². The molecular formula is C80H147N2O6P. The molecule has 518 valence electrons. The lowest BCUT2D eigenvalue weighted by molar-refractivity contribution is -0.870. The fourth-order valence-corrected chi connectivity index (χ4v) is 11.9. The van der Waals surface area contributed by atoms with E-state index in [-0.39, 0.29) is 12.5 Å². The maximum absolute atomic E-state index is 13.1. The number of carbonyl (C=O) groups is 1. The highest BCUT2D eigenvalue weighted by molar-refractivity contribution is 7.45. The van der Waals surface area contributed by atoms with E-state index >= 15 is 0 Å². The molecule has 0 saturated heterocycles. The van der Waals surface area contributed by atoms with Crippen LogP contribution in [0, 0.1) is 0 Å². The SMILES string of the molecule is CC/C=C\C/C=C\C/C=C\C/C=C\C/C=C\CCCCCCCCCCCCCCCCCCCCCCCCCCCC(=O)NC(COP(=O)([O-])OCC[N+](C)(C)C)C(O)/C=C/CC/C=C/CC/C=C/CCCCCCCCCCCCCCCCCC. The van der Waals surface area contributed by atoms with Crippen molar-refractivity contribution in [2.75, 3.05) is 40.9 Å². The number of unbranched alkanes of at least 4 members (excludes halogenated alkanes) is 43. The molecular weight excluding hydrogens is 1120 g/mol. The first-order valence-corrected chi connectivity index (χ1v) is 39.6. The summed E-state index contributed by atoms with van der Waals surface area (Å²) < 4.78 is 23.5. The van der Waals surface area contributed by atoms with E-state index in [1.165, 1.54) is 257 Å². The molecule has 89 heavy (non-hydrogen) atoms. The maximum atomic E-state index is 13.1. The first kappa shape index (κ1) is 86.4. The van der Waals surface area contributed by atoms with E-state index in [1.807, 2.05) is 27.2 Å². The summed E-state index contributed by atoms with van der Waals surface area (Å²) >= 11 is 0. The number of phosphoric acid groups is 1. The molecule has 0 saturated carbocycles. The van der Waals surface area contributed by atoms with Crippen LogP contribution in [-0.2, 0) is 18.4 Å². The molecule has 0 fully saturated rings. The van der Waals surface area contributed by atoms with Gasteiger partial charge >= 0.3 is 0 Å². The second-order valence-corrected chi connectivity index (χ2v) is 28.4. The first-order valence-electron chi connectivity index (χ1n) is 38.1. The summed E-state index contributed by atoms with van der Waals surface area (Å²) in [5.41, 5.74) is 0. The van der Waals surface area contributed by atoms with Crippen LogP contribution in [0.15, 0.2) is 97.2 Å². The molecule has 1 amide bonds. The van der Waals surface area contributed by atoms with Gasteiger partial charge in [-0.3, -0.25) is 9.36 Å². The summed E-state index contributed by atoms with van der Waals surface area (Å²) in [6.07, 6.45) is 101. The van der Waals surface area contributed by atoms with Crippen molar-refractivity contribution in [1.29, 1.82) is 0 Å². The van der Waals surface area contributed by atoms with Crippen LogP contribution in [0.4, 0.5) is 0 Å². The third-order valence-corrected chi connectivity index (χ3v) is 18.0. The first-order chi connectivity index (χ1) is 43.5. The Balaban J connectivity index is 3.99. The number of allylic oxidation sites excluding steroid dienone is 15. The predicted molar refractivity (Wildman–Crippen MR) is 390 cm³/mol. The molecule has 0 aliphatic heterocycles. The molecule has 0 aromatic carbocycles. The van der Waals surface area contributed by atoms with Gasteiger partial charge in [0.1, 0.15) is 13.2 Å². The molecule has 0 aliphatic carbocycles. The smallest absolute Gasteiger partial charge is 0.268 e. The zero-order valence-corrected chi connectivity index (χ0v) is 60.3. The van der Waals surface area contributed by atoms with Gasteiger partial charge in [0.2, 0.25) is 5.91 Å². The minimum absolute atomic E-state index is 0.00984. The Labute approximate surface area is 553 Å². The van der Waals surface area contributed by atoms with Gasteiger partial charge in [-0.25, -0.2) is 0 Å². The molecule has 0 aromatic heterocycles. The highest BCUT2D eigenvalue weighted by Crippen LogP contribution is 2.38. The van der Waals surface area contributed by atoms with Crippen LogP contribution >= 0.6 is 7.82 Å². The summed E-state index contributed by atoms with van der Waals surface area (Å²) in [6, 6.07) is -0.914. The lowest BCUT2D eigenvalue weighted by Gasteiger charge is -2.29. The molecule has 0 spiro atoms. The monoisotopic (exact) mass is 1260 g/mol. The lowest BCUT2D eigenvalue weighted by Crippen LogP contribution is -2.45. The van der Waals surface area contributed by atoms with Gasteiger partial charge in [-0.2, -0.15) is 0 Å². The lowest BCUT2D eigenvalue weighted by atomic mass is 10.0. The van der Waals surface area contributed by atoms with Gasteiger partial charge in [0.05, 0.1) is 39.9 Å². The number of aliphatic hydroxyl groups is 1. The summed E-state index contributed by atoms with van der Waals surface area (Å²) in [7, 11) is 1.24. The highest BCUT2D eigenvalue weighted by atomic mass is 31.2. The Morgan fingerprint density at radius 2 is 0.697 bits per heavy atom. The van der Waals surface area contributed by atoms with E-state index in [1.54, 1.807) is 6.08 Å². The zero-order valence-electron chi connectivity index (χ0n) is 59.4. The molecule has 0 aliphatic rings. The van der Waals surface area contributed by atoms with Crippen LogP contribution in [0.25, 0.3) is 0 Å². The van der Waals surface area contributed by atoms with E-state index in [0.29, 0.717) is 17.4 Å². The second-order valence-electron chi connectivity index (χ2n) is 27.0. The van der Waals surface area contributed by atoms with Crippen LogP contribution in [0.5, 0.6) is 0 Å². The number of likely N-dealkylation sites (N-methyl/N-ethyl adjacent to an activating group) is 1. The minimum atomic E-state index is -4.62.